The predicted molar refractivity (Wildman–Crippen MR) is 65.7 cm³/mol. The van der Waals surface area contributed by atoms with Gasteiger partial charge in [0.2, 0.25) is 0 Å². The van der Waals surface area contributed by atoms with Crippen LogP contribution in [0.15, 0.2) is 24.3 Å². The van der Waals surface area contributed by atoms with Gasteiger partial charge in [0.1, 0.15) is 11.4 Å². The highest BCUT2D eigenvalue weighted by Gasteiger charge is 2.16. The lowest BCUT2D eigenvalue weighted by molar-refractivity contribution is -0.157. The zero-order valence-corrected chi connectivity index (χ0v) is 10.5. The van der Waals surface area contributed by atoms with E-state index < -0.39 is 5.60 Å². The number of carbonyl (C=O) groups is 1. The lowest BCUT2D eigenvalue weighted by atomic mass is 10.2. The number of carbonyl (C=O) groups excluding carboxylic acids is 1. The molecule has 17 heavy (non-hydrogen) atoms. The van der Waals surface area contributed by atoms with E-state index in [1.807, 2.05) is 39.0 Å². The minimum absolute atomic E-state index is 0.103. The number of nitrogens with two attached hydrogens (primary N) is 1. The molecule has 1 aromatic rings. The molecule has 0 heterocycles. The van der Waals surface area contributed by atoms with Crippen LogP contribution in [-0.2, 0) is 16.1 Å². The minimum Gasteiger partial charge on any atom is -0.482 e. The first-order chi connectivity index (χ1) is 7.92. The van der Waals surface area contributed by atoms with Crippen molar-refractivity contribution in [3.05, 3.63) is 29.8 Å². The van der Waals surface area contributed by atoms with Crippen LogP contribution < -0.4 is 10.5 Å². The van der Waals surface area contributed by atoms with Crippen molar-refractivity contribution >= 4 is 5.97 Å². The maximum absolute atomic E-state index is 11.5. The van der Waals surface area contributed by atoms with E-state index in [1.165, 1.54) is 0 Å². The van der Waals surface area contributed by atoms with Gasteiger partial charge in [-0.1, -0.05) is 18.2 Å². The fraction of sp³-hybridized carbons (Fsp3) is 0.462. The summed E-state index contributed by atoms with van der Waals surface area (Å²) in [4.78, 5) is 11.5. The molecule has 0 saturated carbocycles. The molecule has 0 aliphatic carbocycles. The molecule has 0 aromatic heterocycles. The largest absolute Gasteiger partial charge is 0.482 e. The number of ether oxygens (including phenoxy) is 2. The van der Waals surface area contributed by atoms with E-state index in [0.717, 1.165) is 5.56 Å². The number of esters is 1. The molecule has 0 aliphatic heterocycles. The Balaban J connectivity index is 2.53. The van der Waals surface area contributed by atoms with Crippen LogP contribution in [0.4, 0.5) is 0 Å². The lowest BCUT2D eigenvalue weighted by Crippen LogP contribution is -2.27. The quantitative estimate of drug-likeness (QED) is 0.812. The van der Waals surface area contributed by atoms with E-state index in [9.17, 15) is 4.79 Å². The molecular formula is C13H19NO3. The molecule has 0 saturated heterocycles. The zero-order valence-electron chi connectivity index (χ0n) is 10.5. The molecule has 0 aliphatic rings. The van der Waals surface area contributed by atoms with Crippen molar-refractivity contribution in [3.63, 3.8) is 0 Å². The summed E-state index contributed by atoms with van der Waals surface area (Å²) in [5, 5.41) is 0. The summed E-state index contributed by atoms with van der Waals surface area (Å²) in [5.74, 6) is 0.241. The highest BCUT2D eigenvalue weighted by Crippen LogP contribution is 2.17. The second-order valence-electron chi connectivity index (χ2n) is 4.69. The normalized spacial score (nSPS) is 11.1. The molecule has 4 nitrogen and oxygen atoms in total. The monoisotopic (exact) mass is 237 g/mol. The molecule has 1 rings (SSSR count). The van der Waals surface area contributed by atoms with Crippen LogP contribution in [0.25, 0.3) is 0 Å². The minimum atomic E-state index is -0.492. The van der Waals surface area contributed by atoms with Crippen molar-refractivity contribution in [2.24, 2.45) is 5.73 Å². The molecular weight excluding hydrogens is 218 g/mol. The summed E-state index contributed by atoms with van der Waals surface area (Å²) < 4.78 is 10.5. The Labute approximate surface area is 102 Å². The molecule has 0 bridgehead atoms. The maximum Gasteiger partial charge on any atom is 0.344 e. The Hall–Kier alpha value is -1.55. The Kier molecular flexibility index (Phi) is 4.52. The van der Waals surface area contributed by atoms with E-state index in [2.05, 4.69) is 0 Å². The van der Waals surface area contributed by atoms with Gasteiger partial charge in [-0.25, -0.2) is 4.79 Å². The Morgan fingerprint density at radius 3 is 2.53 bits per heavy atom. The first kappa shape index (κ1) is 13.5. The number of rotatable bonds is 4. The second kappa shape index (κ2) is 5.68. The fourth-order valence-corrected chi connectivity index (χ4v) is 1.32. The summed E-state index contributed by atoms with van der Waals surface area (Å²) in [6.45, 7) is 5.73. The van der Waals surface area contributed by atoms with Crippen LogP contribution in [0.2, 0.25) is 0 Å². The number of benzene rings is 1. The third kappa shape index (κ3) is 4.87. The van der Waals surface area contributed by atoms with Gasteiger partial charge in [-0.2, -0.15) is 0 Å². The molecule has 0 spiro atoms. The van der Waals surface area contributed by atoms with Gasteiger partial charge < -0.3 is 15.2 Å². The van der Waals surface area contributed by atoms with Crippen LogP contribution in [0.3, 0.4) is 0 Å². The van der Waals surface area contributed by atoms with Crippen molar-refractivity contribution < 1.29 is 14.3 Å². The zero-order chi connectivity index (χ0) is 12.9. The van der Waals surface area contributed by atoms with Gasteiger partial charge in [0.05, 0.1) is 0 Å². The van der Waals surface area contributed by atoms with Gasteiger partial charge in [0.15, 0.2) is 6.61 Å². The van der Waals surface area contributed by atoms with Crippen LogP contribution in [0.5, 0.6) is 5.75 Å². The van der Waals surface area contributed by atoms with Crippen molar-refractivity contribution in [2.75, 3.05) is 6.61 Å². The standard InChI is InChI=1S/C13H19NO3/c1-13(2,3)17-12(15)9-16-11-7-5-4-6-10(11)8-14/h4-7H,8-9,14H2,1-3H3. The first-order valence-corrected chi connectivity index (χ1v) is 5.55. The summed E-state index contributed by atoms with van der Waals surface area (Å²) in [6, 6.07) is 7.36. The van der Waals surface area contributed by atoms with Crippen molar-refractivity contribution in [1.82, 2.24) is 0 Å². The third-order valence-electron chi connectivity index (χ3n) is 1.96. The van der Waals surface area contributed by atoms with E-state index in [0.29, 0.717) is 12.3 Å². The van der Waals surface area contributed by atoms with Gasteiger partial charge >= 0.3 is 5.97 Å². The molecule has 2 N–H and O–H groups in total. The maximum atomic E-state index is 11.5. The smallest absolute Gasteiger partial charge is 0.344 e. The lowest BCUT2D eigenvalue weighted by Gasteiger charge is -2.19. The second-order valence-corrected chi connectivity index (χ2v) is 4.69. The van der Waals surface area contributed by atoms with Gasteiger partial charge in [0, 0.05) is 12.1 Å². The Bertz CT molecular complexity index is 382. The molecule has 0 unspecified atom stereocenters. The van der Waals surface area contributed by atoms with Crippen molar-refractivity contribution in [2.45, 2.75) is 32.9 Å². The third-order valence-corrected chi connectivity index (χ3v) is 1.96. The van der Waals surface area contributed by atoms with Crippen molar-refractivity contribution in [1.29, 1.82) is 0 Å². The Morgan fingerprint density at radius 2 is 1.94 bits per heavy atom. The summed E-state index contributed by atoms with van der Waals surface area (Å²) in [7, 11) is 0. The van der Waals surface area contributed by atoms with Gasteiger partial charge in [-0.05, 0) is 26.8 Å². The van der Waals surface area contributed by atoms with Crippen LogP contribution in [-0.4, -0.2) is 18.2 Å². The number of hydrogen-bond donors (Lipinski definition) is 1. The highest BCUT2D eigenvalue weighted by molar-refractivity contribution is 5.71. The van der Waals surface area contributed by atoms with Crippen LogP contribution in [0.1, 0.15) is 26.3 Å². The summed E-state index contributed by atoms with van der Waals surface area (Å²) in [5.41, 5.74) is 5.94. The molecule has 94 valence electrons. The predicted octanol–water partition coefficient (Wildman–Crippen LogP) is 1.87. The highest BCUT2D eigenvalue weighted by atomic mass is 16.6. The SMILES string of the molecule is CC(C)(C)OC(=O)COc1ccccc1CN. The van der Waals surface area contributed by atoms with E-state index >= 15 is 0 Å². The van der Waals surface area contributed by atoms with Crippen molar-refractivity contribution in [3.8, 4) is 5.75 Å². The molecule has 4 heteroatoms. The van der Waals surface area contributed by atoms with Crippen LogP contribution >= 0.6 is 0 Å². The first-order valence-electron chi connectivity index (χ1n) is 5.55. The van der Waals surface area contributed by atoms with E-state index in [-0.39, 0.29) is 12.6 Å². The number of hydrogen-bond acceptors (Lipinski definition) is 4. The average molecular weight is 237 g/mol. The molecule has 1 aromatic carbocycles. The van der Waals surface area contributed by atoms with E-state index in [1.54, 1.807) is 6.07 Å². The molecule has 0 radical (unpaired) electrons. The average Bonchev–Trinajstić information content (AvgIpc) is 2.24. The molecule has 0 amide bonds. The van der Waals surface area contributed by atoms with Gasteiger partial charge in [-0.3, -0.25) is 0 Å². The number of para-hydroxylation sites is 1. The summed E-state index contributed by atoms with van der Waals surface area (Å²) >= 11 is 0. The topological polar surface area (TPSA) is 61.5 Å². The van der Waals surface area contributed by atoms with Gasteiger partial charge in [0.25, 0.3) is 0 Å². The van der Waals surface area contributed by atoms with Gasteiger partial charge in [-0.15, -0.1) is 0 Å². The summed E-state index contributed by atoms with van der Waals surface area (Å²) in [6.07, 6.45) is 0. The van der Waals surface area contributed by atoms with E-state index in [4.69, 9.17) is 15.2 Å². The molecule has 0 atom stereocenters. The van der Waals surface area contributed by atoms with Crippen LogP contribution in [0, 0.1) is 0 Å². The fourth-order valence-electron chi connectivity index (χ4n) is 1.32. The Morgan fingerprint density at radius 1 is 1.29 bits per heavy atom. The molecule has 0 fully saturated rings.